The Labute approximate surface area is 129 Å². The van der Waals surface area contributed by atoms with Crippen molar-refractivity contribution in [2.45, 2.75) is 19.8 Å². The van der Waals surface area contributed by atoms with E-state index in [0.29, 0.717) is 18.6 Å². The molecular weight excluding hydrogens is 303 g/mol. The molecule has 1 aromatic carbocycles. The third-order valence-corrected chi connectivity index (χ3v) is 2.00. The first-order valence-corrected chi connectivity index (χ1v) is 5.68. The van der Waals surface area contributed by atoms with Gasteiger partial charge in [0.25, 0.3) is 6.79 Å². The monoisotopic (exact) mass is 317 g/mol. The molecule has 4 nitrogen and oxygen atoms in total. The van der Waals surface area contributed by atoms with Crippen LogP contribution in [0.4, 0.5) is 0 Å². The maximum absolute atomic E-state index is 11.5. The summed E-state index contributed by atoms with van der Waals surface area (Å²) < 4.78 is 4.74. The number of benzene rings is 1. The smallest absolute Gasteiger partial charge is 0.306 e. The third-order valence-electron chi connectivity index (χ3n) is 2.00. The molecule has 0 atom stereocenters. The average molecular weight is 317 g/mol. The standard InChI is InChI=1S/C14H14O3.CO.Co/c1-2-17-14(16)11-7-6-10-13(15)12-8-4-3-5-9-12;1-2;/h3-5,8-9H,2,7,11H2,1H3;;. The topological polar surface area (TPSA) is 60.4 Å². The summed E-state index contributed by atoms with van der Waals surface area (Å²) in [5.74, 6) is 4.66. The summed E-state index contributed by atoms with van der Waals surface area (Å²) in [5, 5.41) is 0. The van der Waals surface area contributed by atoms with Crippen molar-refractivity contribution in [3.05, 3.63) is 35.9 Å². The van der Waals surface area contributed by atoms with E-state index in [1.807, 2.05) is 6.07 Å². The Morgan fingerprint density at radius 3 is 2.35 bits per heavy atom. The molecule has 0 unspecified atom stereocenters. The average Bonchev–Trinajstić information content (AvgIpc) is 2.47. The molecule has 5 heteroatoms. The van der Waals surface area contributed by atoms with Crippen LogP contribution in [0.15, 0.2) is 30.3 Å². The molecule has 0 aromatic heterocycles. The fraction of sp³-hybridized carbons (Fsp3) is 0.267. The minimum atomic E-state index is -0.283. The Hall–Kier alpha value is -1.90. The molecule has 3 radical (unpaired) electrons. The molecule has 0 bridgehead atoms. The summed E-state index contributed by atoms with van der Waals surface area (Å²) in [4.78, 5) is 30.0. The van der Waals surface area contributed by atoms with E-state index in [1.54, 1.807) is 31.2 Å². The number of ketones is 1. The van der Waals surface area contributed by atoms with Gasteiger partial charge in [-0.1, -0.05) is 36.3 Å². The molecule has 1 aromatic rings. The van der Waals surface area contributed by atoms with E-state index in [1.165, 1.54) is 0 Å². The zero-order chi connectivity index (χ0) is 14.5. The van der Waals surface area contributed by atoms with Crippen molar-refractivity contribution in [1.29, 1.82) is 0 Å². The molecule has 0 aliphatic rings. The largest absolute Gasteiger partial charge is 0.466 e. The van der Waals surface area contributed by atoms with Crippen molar-refractivity contribution < 1.29 is 35.9 Å². The maximum atomic E-state index is 11.5. The molecular formula is C15H14CoO4. The first-order chi connectivity index (χ1) is 9.24. The number of esters is 1. The Morgan fingerprint density at radius 2 is 1.80 bits per heavy atom. The molecule has 0 fully saturated rings. The first kappa shape index (κ1) is 20.4. The van der Waals surface area contributed by atoms with E-state index in [4.69, 9.17) is 9.53 Å². The molecule has 0 spiro atoms. The summed E-state index contributed by atoms with van der Waals surface area (Å²) in [6, 6.07) is 8.83. The molecule has 0 aliphatic heterocycles. The Kier molecular flexibility index (Phi) is 13.8. The van der Waals surface area contributed by atoms with E-state index >= 15 is 0 Å². The van der Waals surface area contributed by atoms with Gasteiger partial charge in [0.15, 0.2) is 0 Å². The molecule has 1 rings (SSSR count). The van der Waals surface area contributed by atoms with E-state index in [2.05, 4.69) is 18.6 Å². The summed E-state index contributed by atoms with van der Waals surface area (Å²) in [6.07, 6.45) is 0.570. The number of rotatable bonds is 4. The van der Waals surface area contributed by atoms with Crippen molar-refractivity contribution in [3.8, 4) is 11.8 Å². The summed E-state index contributed by atoms with van der Waals surface area (Å²) >= 11 is 0. The maximum Gasteiger partial charge on any atom is 0.306 e. The molecule has 0 saturated carbocycles. The van der Waals surface area contributed by atoms with Crippen LogP contribution in [0.25, 0.3) is 0 Å². The fourth-order valence-electron chi connectivity index (χ4n) is 1.20. The second-order valence-electron chi connectivity index (χ2n) is 3.30. The van der Waals surface area contributed by atoms with Crippen LogP contribution >= 0.6 is 0 Å². The molecule has 107 valence electrons. The van der Waals surface area contributed by atoms with Crippen LogP contribution in [0, 0.1) is 11.8 Å². The van der Waals surface area contributed by atoms with E-state index < -0.39 is 0 Å². The van der Waals surface area contributed by atoms with Crippen LogP contribution in [0.5, 0.6) is 0 Å². The molecule has 0 N–H and O–H groups in total. The molecule has 0 amide bonds. The van der Waals surface area contributed by atoms with Gasteiger partial charge in [0, 0.05) is 28.8 Å². The Bertz CT molecular complexity index is 460. The van der Waals surface area contributed by atoms with E-state index in [-0.39, 0.29) is 35.0 Å². The van der Waals surface area contributed by atoms with Gasteiger partial charge in [-0.05, 0) is 12.8 Å². The van der Waals surface area contributed by atoms with Gasteiger partial charge < -0.3 is 4.74 Å². The molecule has 20 heavy (non-hydrogen) atoms. The number of ether oxygens (including phenoxy) is 1. The van der Waals surface area contributed by atoms with Gasteiger partial charge in [0.2, 0.25) is 5.78 Å². The van der Waals surface area contributed by atoms with Crippen LogP contribution in [-0.2, 0) is 31.1 Å². The third kappa shape index (κ3) is 9.08. The van der Waals surface area contributed by atoms with Crippen LogP contribution in [0.1, 0.15) is 30.1 Å². The Morgan fingerprint density at radius 1 is 1.20 bits per heavy atom. The summed E-state index contributed by atoms with van der Waals surface area (Å²) in [7, 11) is 0. The van der Waals surface area contributed by atoms with Crippen molar-refractivity contribution in [3.63, 3.8) is 0 Å². The van der Waals surface area contributed by atoms with Crippen molar-refractivity contribution in [1.82, 2.24) is 0 Å². The van der Waals surface area contributed by atoms with Gasteiger partial charge in [-0.2, -0.15) is 0 Å². The van der Waals surface area contributed by atoms with Gasteiger partial charge in [-0.25, -0.2) is 0 Å². The molecule has 0 heterocycles. The van der Waals surface area contributed by atoms with Gasteiger partial charge in [0.1, 0.15) is 0 Å². The predicted molar refractivity (Wildman–Crippen MR) is 70.1 cm³/mol. The zero-order valence-electron chi connectivity index (χ0n) is 11.0. The van der Waals surface area contributed by atoms with Crippen LogP contribution in [-0.4, -0.2) is 25.1 Å². The van der Waals surface area contributed by atoms with Gasteiger partial charge in [-0.3, -0.25) is 14.4 Å². The van der Waals surface area contributed by atoms with E-state index in [9.17, 15) is 9.59 Å². The van der Waals surface area contributed by atoms with Crippen LogP contribution in [0.2, 0.25) is 0 Å². The minimum absolute atomic E-state index is 0. The SMILES string of the molecule is CCOC(=O)CCC#CC(=O)c1ccccc1.[C]=O.[Co]. The number of carbonyl (C=O) groups is 2. The quantitative estimate of drug-likeness (QED) is 0.368. The number of Topliss-reactive ketones (excluding diaryl/α,β-unsaturated/α-hetero) is 1. The first-order valence-electron chi connectivity index (χ1n) is 5.68. The second kappa shape index (κ2) is 13.5. The van der Waals surface area contributed by atoms with Gasteiger partial charge >= 0.3 is 5.97 Å². The predicted octanol–water partition coefficient (Wildman–Crippen LogP) is 1.82. The minimum Gasteiger partial charge on any atom is -0.466 e. The normalized spacial score (nSPS) is 7.85. The van der Waals surface area contributed by atoms with E-state index in [0.717, 1.165) is 0 Å². The molecule has 0 saturated heterocycles. The van der Waals surface area contributed by atoms with Crippen LogP contribution < -0.4 is 0 Å². The van der Waals surface area contributed by atoms with Crippen LogP contribution in [0.3, 0.4) is 0 Å². The number of hydrogen-bond donors (Lipinski definition) is 0. The number of carbonyl (C=O) groups excluding carboxylic acids is 3. The summed E-state index contributed by atoms with van der Waals surface area (Å²) in [5.41, 5.74) is 0.566. The summed E-state index contributed by atoms with van der Waals surface area (Å²) in [6.45, 7) is 6.62. The number of hydrogen-bond acceptors (Lipinski definition) is 4. The second-order valence-corrected chi connectivity index (χ2v) is 3.30. The van der Waals surface area contributed by atoms with Crippen molar-refractivity contribution in [2.75, 3.05) is 6.61 Å². The Balaban J connectivity index is 0. The molecule has 0 aliphatic carbocycles. The van der Waals surface area contributed by atoms with Crippen molar-refractivity contribution >= 4 is 18.5 Å². The fourth-order valence-corrected chi connectivity index (χ4v) is 1.20. The van der Waals surface area contributed by atoms with Gasteiger partial charge in [0.05, 0.1) is 13.0 Å². The zero-order valence-corrected chi connectivity index (χ0v) is 12.0. The van der Waals surface area contributed by atoms with Gasteiger partial charge in [-0.15, -0.1) is 0 Å². The van der Waals surface area contributed by atoms with Crippen molar-refractivity contribution in [2.24, 2.45) is 0 Å².